The van der Waals surface area contributed by atoms with Gasteiger partial charge in [-0.15, -0.1) is 5.10 Å². The van der Waals surface area contributed by atoms with Crippen LogP contribution in [0.15, 0.2) is 12.4 Å². The van der Waals surface area contributed by atoms with E-state index in [1.54, 1.807) is 6.20 Å². The third kappa shape index (κ3) is 1.57. The molecule has 0 radical (unpaired) electrons. The minimum absolute atomic E-state index is 0.608. The van der Waals surface area contributed by atoms with Gasteiger partial charge >= 0.3 is 0 Å². The van der Waals surface area contributed by atoms with E-state index < -0.39 is 0 Å². The summed E-state index contributed by atoms with van der Waals surface area (Å²) in [5, 5.41) is 11.1. The predicted molar refractivity (Wildman–Crippen MR) is 41.0 cm³/mol. The Morgan fingerprint density at radius 3 is 3.27 bits per heavy atom. The van der Waals surface area contributed by atoms with Crippen molar-refractivity contribution in [1.82, 2.24) is 20.3 Å². The van der Waals surface area contributed by atoms with E-state index in [-0.39, 0.29) is 0 Å². The summed E-state index contributed by atoms with van der Waals surface area (Å²) in [6.07, 6.45) is 6.17. The predicted octanol–water partition coefficient (Wildman–Crippen LogP) is 0.0301. The fourth-order valence-corrected chi connectivity index (χ4v) is 1.47. The molecule has 0 saturated carbocycles. The number of nitrogens with zero attached hydrogens (tertiary/aromatic N) is 3. The molecule has 1 aliphatic heterocycles. The van der Waals surface area contributed by atoms with Gasteiger partial charge in [-0.3, -0.25) is 4.68 Å². The van der Waals surface area contributed by atoms with Crippen LogP contribution in [0.4, 0.5) is 0 Å². The Morgan fingerprint density at radius 2 is 2.64 bits per heavy atom. The maximum Gasteiger partial charge on any atom is 0.0692 e. The van der Waals surface area contributed by atoms with E-state index in [0.717, 1.165) is 13.1 Å². The molecule has 0 spiro atoms. The first-order valence-electron chi connectivity index (χ1n) is 4.02. The van der Waals surface area contributed by atoms with Crippen molar-refractivity contribution < 1.29 is 0 Å². The van der Waals surface area contributed by atoms with E-state index in [9.17, 15) is 0 Å². The first kappa shape index (κ1) is 6.79. The van der Waals surface area contributed by atoms with Crippen molar-refractivity contribution in [2.75, 3.05) is 6.54 Å². The number of hydrogen-bond donors (Lipinski definition) is 1. The lowest BCUT2D eigenvalue weighted by Gasteiger charge is -2.08. The van der Waals surface area contributed by atoms with Crippen molar-refractivity contribution in [2.45, 2.75) is 25.4 Å². The van der Waals surface area contributed by atoms with Gasteiger partial charge in [0.15, 0.2) is 0 Å². The van der Waals surface area contributed by atoms with E-state index >= 15 is 0 Å². The van der Waals surface area contributed by atoms with Crippen molar-refractivity contribution in [2.24, 2.45) is 0 Å². The van der Waals surface area contributed by atoms with Crippen LogP contribution in [0.1, 0.15) is 12.8 Å². The Kier molecular flexibility index (Phi) is 1.85. The first-order valence-corrected chi connectivity index (χ1v) is 4.02. The van der Waals surface area contributed by atoms with Crippen LogP contribution in [0.5, 0.6) is 0 Å². The molecule has 1 aromatic rings. The molecule has 2 heterocycles. The molecule has 2 rings (SSSR count). The quantitative estimate of drug-likeness (QED) is 0.650. The average Bonchev–Trinajstić information content (AvgIpc) is 2.60. The third-order valence-corrected chi connectivity index (χ3v) is 2.04. The highest BCUT2D eigenvalue weighted by Crippen LogP contribution is 2.05. The van der Waals surface area contributed by atoms with Crippen LogP contribution >= 0.6 is 0 Å². The fraction of sp³-hybridized carbons (Fsp3) is 0.714. The second-order valence-corrected chi connectivity index (χ2v) is 2.92. The van der Waals surface area contributed by atoms with Crippen LogP contribution in [-0.4, -0.2) is 27.6 Å². The van der Waals surface area contributed by atoms with E-state index in [1.807, 2.05) is 10.9 Å². The summed E-state index contributed by atoms with van der Waals surface area (Å²) in [7, 11) is 0. The van der Waals surface area contributed by atoms with Crippen molar-refractivity contribution >= 4 is 0 Å². The second kappa shape index (κ2) is 3.00. The molecule has 4 heteroatoms. The van der Waals surface area contributed by atoms with Gasteiger partial charge in [0.2, 0.25) is 0 Å². The molecule has 0 aliphatic carbocycles. The van der Waals surface area contributed by atoms with Gasteiger partial charge in [-0.25, -0.2) is 0 Å². The smallest absolute Gasteiger partial charge is 0.0692 e. The Labute approximate surface area is 65.6 Å². The summed E-state index contributed by atoms with van der Waals surface area (Å²) >= 11 is 0. The Hall–Kier alpha value is -0.900. The van der Waals surface area contributed by atoms with E-state index in [1.165, 1.54) is 12.8 Å². The first-order chi connectivity index (χ1) is 5.45. The molecule has 11 heavy (non-hydrogen) atoms. The van der Waals surface area contributed by atoms with Crippen LogP contribution in [0, 0.1) is 0 Å². The lowest BCUT2D eigenvalue weighted by atomic mass is 10.2. The second-order valence-electron chi connectivity index (χ2n) is 2.92. The summed E-state index contributed by atoms with van der Waals surface area (Å²) in [6.45, 7) is 2.11. The van der Waals surface area contributed by atoms with Gasteiger partial charge in [-0.05, 0) is 19.4 Å². The van der Waals surface area contributed by atoms with Crippen molar-refractivity contribution in [1.29, 1.82) is 0 Å². The average molecular weight is 152 g/mol. The Balaban J connectivity index is 1.90. The topological polar surface area (TPSA) is 42.7 Å². The van der Waals surface area contributed by atoms with Gasteiger partial charge in [0, 0.05) is 12.2 Å². The Morgan fingerprint density at radius 1 is 1.64 bits per heavy atom. The van der Waals surface area contributed by atoms with Crippen molar-refractivity contribution in [3.05, 3.63) is 12.4 Å². The molecule has 1 fully saturated rings. The van der Waals surface area contributed by atoms with Crippen LogP contribution in [-0.2, 0) is 6.54 Å². The molecule has 4 nitrogen and oxygen atoms in total. The summed E-state index contributed by atoms with van der Waals surface area (Å²) in [6, 6.07) is 0.608. The zero-order valence-electron chi connectivity index (χ0n) is 6.40. The lowest BCUT2D eigenvalue weighted by Crippen LogP contribution is -2.26. The maximum absolute atomic E-state index is 3.91. The molecule has 0 bridgehead atoms. The van der Waals surface area contributed by atoms with Crippen LogP contribution in [0.3, 0.4) is 0 Å². The number of hydrogen-bond acceptors (Lipinski definition) is 3. The molecule has 1 aliphatic rings. The highest BCUT2D eigenvalue weighted by atomic mass is 15.4. The summed E-state index contributed by atoms with van der Waals surface area (Å²) in [4.78, 5) is 0. The monoisotopic (exact) mass is 152 g/mol. The fourth-order valence-electron chi connectivity index (χ4n) is 1.47. The molecular weight excluding hydrogens is 140 g/mol. The highest BCUT2D eigenvalue weighted by Gasteiger charge is 2.13. The van der Waals surface area contributed by atoms with Crippen LogP contribution in [0.25, 0.3) is 0 Å². The van der Waals surface area contributed by atoms with E-state index in [0.29, 0.717) is 6.04 Å². The summed E-state index contributed by atoms with van der Waals surface area (Å²) in [5.74, 6) is 0. The number of aromatic nitrogens is 3. The van der Waals surface area contributed by atoms with Crippen LogP contribution in [0.2, 0.25) is 0 Å². The highest BCUT2D eigenvalue weighted by molar-refractivity contribution is 4.75. The van der Waals surface area contributed by atoms with Gasteiger partial charge in [-0.2, -0.15) is 0 Å². The maximum atomic E-state index is 3.91. The molecule has 0 unspecified atom stereocenters. The minimum Gasteiger partial charge on any atom is -0.312 e. The van der Waals surface area contributed by atoms with Crippen LogP contribution < -0.4 is 5.32 Å². The third-order valence-electron chi connectivity index (χ3n) is 2.04. The van der Waals surface area contributed by atoms with Crippen molar-refractivity contribution in [3.63, 3.8) is 0 Å². The standard InChI is InChI=1S/C7H12N4/c1-2-7(8-3-1)6-11-5-4-9-10-11/h4-5,7-8H,1-3,6H2/t7-/m0/s1. The minimum atomic E-state index is 0.608. The zero-order valence-corrected chi connectivity index (χ0v) is 6.40. The molecule has 0 aromatic carbocycles. The molecule has 1 saturated heterocycles. The van der Waals surface area contributed by atoms with Crippen molar-refractivity contribution in [3.8, 4) is 0 Å². The van der Waals surface area contributed by atoms with Gasteiger partial charge in [0.05, 0.1) is 12.7 Å². The molecule has 60 valence electrons. The van der Waals surface area contributed by atoms with Gasteiger partial charge in [-0.1, -0.05) is 5.21 Å². The Bertz CT molecular complexity index is 200. The molecule has 1 aromatic heterocycles. The van der Waals surface area contributed by atoms with E-state index in [4.69, 9.17) is 0 Å². The summed E-state index contributed by atoms with van der Waals surface area (Å²) < 4.78 is 1.88. The lowest BCUT2D eigenvalue weighted by molar-refractivity contribution is 0.466. The number of rotatable bonds is 2. The van der Waals surface area contributed by atoms with E-state index in [2.05, 4.69) is 15.6 Å². The SMILES string of the molecule is c1cn(C[C@@H]2CCCN2)nn1. The molecule has 0 amide bonds. The number of nitrogens with one attached hydrogen (secondary N) is 1. The van der Waals surface area contributed by atoms with Gasteiger partial charge in [0.25, 0.3) is 0 Å². The normalized spacial score (nSPS) is 24.2. The largest absolute Gasteiger partial charge is 0.312 e. The van der Waals surface area contributed by atoms with Gasteiger partial charge < -0.3 is 5.32 Å². The molecular formula is C7H12N4. The molecule has 1 atom stereocenters. The summed E-state index contributed by atoms with van der Waals surface area (Å²) in [5.41, 5.74) is 0. The van der Waals surface area contributed by atoms with Gasteiger partial charge in [0.1, 0.15) is 0 Å². The molecule has 1 N–H and O–H groups in total. The zero-order chi connectivity index (χ0) is 7.52.